The maximum Gasteiger partial charge on any atom is 0.306 e. The summed E-state index contributed by atoms with van der Waals surface area (Å²) >= 11 is 0. The number of hydrogen-bond acceptors (Lipinski definition) is 4. The summed E-state index contributed by atoms with van der Waals surface area (Å²) < 4.78 is 18.2. The van der Waals surface area contributed by atoms with E-state index in [0.717, 1.165) is 12.3 Å². The molecule has 0 spiro atoms. The Kier molecular flexibility index (Phi) is 6.30. The van der Waals surface area contributed by atoms with Gasteiger partial charge < -0.3 is 15.4 Å². The van der Waals surface area contributed by atoms with Crippen LogP contribution in [0.25, 0.3) is 0 Å². The molecular formula is C24H25FN2O4. The Balaban J connectivity index is 1.29. The van der Waals surface area contributed by atoms with E-state index in [1.807, 2.05) is 0 Å². The molecule has 2 N–H and O–H groups in total. The average Bonchev–Trinajstić information content (AvgIpc) is 3.37. The van der Waals surface area contributed by atoms with Crippen LogP contribution >= 0.6 is 0 Å². The molecule has 0 aliphatic heterocycles. The summed E-state index contributed by atoms with van der Waals surface area (Å²) in [6.45, 7) is -0.395. The van der Waals surface area contributed by atoms with E-state index >= 15 is 0 Å². The van der Waals surface area contributed by atoms with Gasteiger partial charge in [0.25, 0.3) is 11.8 Å². The van der Waals surface area contributed by atoms with Crippen molar-refractivity contribution >= 4 is 29.2 Å². The second kappa shape index (κ2) is 9.29. The Bertz CT molecular complexity index is 976. The van der Waals surface area contributed by atoms with Crippen LogP contribution in [0.5, 0.6) is 0 Å². The third-order valence-electron chi connectivity index (χ3n) is 6.23. The molecule has 2 amide bonds. The molecule has 0 heterocycles. The molecule has 31 heavy (non-hydrogen) atoms. The van der Waals surface area contributed by atoms with Crippen molar-refractivity contribution in [3.8, 4) is 0 Å². The van der Waals surface area contributed by atoms with Gasteiger partial charge in [-0.3, -0.25) is 14.4 Å². The molecule has 3 atom stereocenters. The first kappa shape index (κ1) is 21.0. The van der Waals surface area contributed by atoms with E-state index in [4.69, 9.17) is 4.74 Å². The van der Waals surface area contributed by atoms with Gasteiger partial charge in [0.05, 0.1) is 11.3 Å². The number of para-hydroxylation sites is 1. The van der Waals surface area contributed by atoms with E-state index in [1.165, 1.54) is 43.5 Å². The molecule has 2 aromatic carbocycles. The van der Waals surface area contributed by atoms with Crippen LogP contribution in [0, 0.1) is 23.6 Å². The second-order valence-corrected chi connectivity index (χ2v) is 8.35. The minimum absolute atomic E-state index is 0.244. The lowest BCUT2D eigenvalue weighted by Crippen LogP contribution is -2.24. The number of carbonyl (C=O) groups is 3. The van der Waals surface area contributed by atoms with Crippen molar-refractivity contribution in [3.63, 3.8) is 0 Å². The number of ether oxygens (including phenoxy) is 1. The topological polar surface area (TPSA) is 84.5 Å². The third kappa shape index (κ3) is 5.29. The minimum atomic E-state index is -0.511. The van der Waals surface area contributed by atoms with Crippen LogP contribution in [0.3, 0.4) is 0 Å². The van der Waals surface area contributed by atoms with Gasteiger partial charge in [-0.05, 0) is 73.4 Å². The Morgan fingerprint density at radius 1 is 0.968 bits per heavy atom. The summed E-state index contributed by atoms with van der Waals surface area (Å²) in [7, 11) is 0. The van der Waals surface area contributed by atoms with Gasteiger partial charge in [-0.1, -0.05) is 18.6 Å². The van der Waals surface area contributed by atoms with Gasteiger partial charge in [0.15, 0.2) is 6.61 Å². The molecule has 2 aliphatic rings. The van der Waals surface area contributed by atoms with Crippen molar-refractivity contribution in [3.05, 3.63) is 59.9 Å². The number of rotatable bonds is 7. The monoisotopic (exact) mass is 424 g/mol. The fraction of sp³-hybridized carbons (Fsp3) is 0.375. The van der Waals surface area contributed by atoms with Crippen LogP contribution in [0.2, 0.25) is 0 Å². The fourth-order valence-electron chi connectivity index (χ4n) is 4.75. The van der Waals surface area contributed by atoms with Crippen LogP contribution in [-0.4, -0.2) is 24.4 Å². The molecule has 4 rings (SSSR count). The molecule has 2 fully saturated rings. The third-order valence-corrected chi connectivity index (χ3v) is 6.23. The molecule has 0 radical (unpaired) electrons. The highest BCUT2D eigenvalue weighted by molar-refractivity contribution is 6.10. The molecule has 0 saturated heterocycles. The predicted molar refractivity (Wildman–Crippen MR) is 114 cm³/mol. The molecule has 2 saturated carbocycles. The molecule has 2 aliphatic carbocycles. The van der Waals surface area contributed by atoms with E-state index in [0.29, 0.717) is 29.6 Å². The van der Waals surface area contributed by atoms with Gasteiger partial charge >= 0.3 is 5.97 Å². The quantitative estimate of drug-likeness (QED) is 0.646. The van der Waals surface area contributed by atoms with Crippen molar-refractivity contribution < 1.29 is 23.5 Å². The van der Waals surface area contributed by atoms with Gasteiger partial charge in [0, 0.05) is 12.1 Å². The summed E-state index contributed by atoms with van der Waals surface area (Å²) in [5.74, 6) is 0.0431. The summed E-state index contributed by atoms with van der Waals surface area (Å²) in [5.41, 5.74) is 0.979. The van der Waals surface area contributed by atoms with Crippen LogP contribution in [0.15, 0.2) is 48.5 Å². The molecule has 6 nitrogen and oxygen atoms in total. The van der Waals surface area contributed by atoms with Crippen LogP contribution in [-0.2, 0) is 14.3 Å². The maximum absolute atomic E-state index is 13.0. The molecule has 2 bridgehead atoms. The van der Waals surface area contributed by atoms with Crippen LogP contribution in [0.1, 0.15) is 42.5 Å². The van der Waals surface area contributed by atoms with Crippen LogP contribution in [0.4, 0.5) is 15.8 Å². The van der Waals surface area contributed by atoms with Gasteiger partial charge in [-0.25, -0.2) is 4.39 Å². The number of nitrogens with one attached hydrogen (secondary N) is 2. The van der Waals surface area contributed by atoms with E-state index in [2.05, 4.69) is 10.6 Å². The Morgan fingerprint density at radius 3 is 2.45 bits per heavy atom. The first-order valence-electron chi connectivity index (χ1n) is 10.6. The highest BCUT2D eigenvalue weighted by Crippen LogP contribution is 2.49. The number of benzene rings is 2. The second-order valence-electron chi connectivity index (χ2n) is 8.35. The lowest BCUT2D eigenvalue weighted by Gasteiger charge is -2.20. The SMILES string of the molecule is O=C(COC(=O)C[C@@H]1C[C@@H]2CC[C@@H]1C2)Nc1ccccc1C(=O)Nc1ccc(F)cc1. The number of esters is 1. The summed E-state index contributed by atoms with van der Waals surface area (Å²) in [5, 5.41) is 5.29. The van der Waals surface area contributed by atoms with Crippen molar-refractivity contribution in [2.24, 2.45) is 17.8 Å². The molecule has 0 unspecified atom stereocenters. The molecule has 2 aromatic rings. The lowest BCUT2D eigenvalue weighted by atomic mass is 9.86. The van der Waals surface area contributed by atoms with Crippen molar-refractivity contribution in [1.29, 1.82) is 0 Å². The first-order chi connectivity index (χ1) is 15.0. The number of anilines is 2. The van der Waals surface area contributed by atoms with Gasteiger partial charge in [-0.15, -0.1) is 0 Å². The van der Waals surface area contributed by atoms with E-state index in [1.54, 1.807) is 24.3 Å². The summed E-state index contributed by atoms with van der Waals surface area (Å²) in [6, 6.07) is 11.9. The van der Waals surface area contributed by atoms with E-state index in [-0.39, 0.29) is 11.5 Å². The predicted octanol–water partition coefficient (Wildman–Crippen LogP) is 4.39. The zero-order chi connectivity index (χ0) is 21.8. The van der Waals surface area contributed by atoms with Gasteiger partial charge in [0.2, 0.25) is 0 Å². The largest absolute Gasteiger partial charge is 0.456 e. The molecule has 7 heteroatoms. The number of hydrogen-bond donors (Lipinski definition) is 2. The zero-order valence-electron chi connectivity index (χ0n) is 17.1. The van der Waals surface area contributed by atoms with Crippen LogP contribution < -0.4 is 10.6 Å². The highest BCUT2D eigenvalue weighted by atomic mass is 19.1. The Hall–Kier alpha value is -3.22. The average molecular weight is 424 g/mol. The normalized spacial score (nSPS) is 21.5. The standard InChI is InChI=1S/C24H25FN2O4/c25-18-7-9-19(10-8-18)26-24(30)20-3-1-2-4-21(20)27-22(28)14-31-23(29)13-17-12-15-5-6-16(17)11-15/h1-4,7-10,15-17H,5-6,11-14H2,(H,26,30)(H,27,28)/t15-,16-,17+/m1/s1. The minimum Gasteiger partial charge on any atom is -0.456 e. The Labute approximate surface area is 180 Å². The number of amides is 2. The molecule has 0 aromatic heterocycles. The lowest BCUT2D eigenvalue weighted by molar-refractivity contribution is -0.148. The summed E-state index contributed by atoms with van der Waals surface area (Å²) in [6.07, 6.45) is 5.13. The van der Waals surface area contributed by atoms with Gasteiger partial charge in [-0.2, -0.15) is 0 Å². The number of carbonyl (C=O) groups excluding carboxylic acids is 3. The van der Waals surface area contributed by atoms with E-state index in [9.17, 15) is 18.8 Å². The van der Waals surface area contributed by atoms with Gasteiger partial charge in [0.1, 0.15) is 5.82 Å². The molecule has 162 valence electrons. The maximum atomic E-state index is 13.0. The van der Waals surface area contributed by atoms with Crippen molar-refractivity contribution in [2.45, 2.75) is 32.1 Å². The van der Waals surface area contributed by atoms with Crippen molar-refractivity contribution in [2.75, 3.05) is 17.2 Å². The van der Waals surface area contributed by atoms with E-state index < -0.39 is 24.2 Å². The van der Waals surface area contributed by atoms with Crippen molar-refractivity contribution in [1.82, 2.24) is 0 Å². The fourth-order valence-corrected chi connectivity index (χ4v) is 4.75. The highest BCUT2D eigenvalue weighted by Gasteiger charge is 2.40. The first-order valence-corrected chi connectivity index (χ1v) is 10.6. The number of halogens is 1. The zero-order valence-corrected chi connectivity index (χ0v) is 17.1. The Morgan fingerprint density at radius 2 is 1.74 bits per heavy atom. The smallest absolute Gasteiger partial charge is 0.306 e. The molecular weight excluding hydrogens is 399 g/mol. The number of fused-ring (bicyclic) bond motifs is 2. The summed E-state index contributed by atoms with van der Waals surface area (Å²) in [4.78, 5) is 37.0.